The van der Waals surface area contributed by atoms with Crippen molar-refractivity contribution in [1.29, 1.82) is 0 Å². The number of ether oxygens (including phenoxy) is 3. The summed E-state index contributed by atoms with van der Waals surface area (Å²) >= 11 is 0. The van der Waals surface area contributed by atoms with Crippen LogP contribution in [-0.4, -0.2) is 56.7 Å². The lowest BCUT2D eigenvalue weighted by Crippen LogP contribution is -2.65. The van der Waals surface area contributed by atoms with Crippen molar-refractivity contribution in [3.63, 3.8) is 0 Å². The van der Waals surface area contributed by atoms with Crippen molar-refractivity contribution in [2.45, 2.75) is 56.0 Å². The van der Waals surface area contributed by atoms with E-state index >= 15 is 0 Å². The number of nitrogens with one attached hydrogen (secondary N) is 1. The van der Waals surface area contributed by atoms with Crippen LogP contribution in [0, 0.1) is 6.57 Å². The van der Waals surface area contributed by atoms with E-state index in [0.717, 1.165) is 24.3 Å². The highest BCUT2D eigenvalue weighted by molar-refractivity contribution is 5.78. The maximum atomic E-state index is 12.7. The van der Waals surface area contributed by atoms with Crippen LogP contribution < -0.4 is 20.3 Å². The Labute approximate surface area is 207 Å². The van der Waals surface area contributed by atoms with Crippen LogP contribution in [0.2, 0.25) is 0 Å². The van der Waals surface area contributed by atoms with E-state index in [0.29, 0.717) is 61.7 Å². The molecule has 36 heavy (non-hydrogen) atoms. The molecule has 2 saturated heterocycles. The SMILES string of the molecule is [C-]#[N+]c1cnc2ccc(=O)n(CC(O)C34CCC(NCc5cc6c(cn5)OCCO6)(CC3)CO4)c2c1. The van der Waals surface area contributed by atoms with Crippen molar-refractivity contribution >= 4 is 16.7 Å². The minimum atomic E-state index is -0.866. The van der Waals surface area contributed by atoms with Crippen LogP contribution in [0.25, 0.3) is 15.9 Å². The van der Waals surface area contributed by atoms with E-state index in [2.05, 4.69) is 20.1 Å². The lowest BCUT2D eigenvalue weighted by molar-refractivity contribution is -0.211. The summed E-state index contributed by atoms with van der Waals surface area (Å²) in [4.78, 5) is 24.9. The summed E-state index contributed by atoms with van der Waals surface area (Å²) in [6, 6.07) is 6.64. The van der Waals surface area contributed by atoms with Crippen LogP contribution in [0.5, 0.6) is 11.5 Å². The van der Waals surface area contributed by atoms with Gasteiger partial charge in [0.2, 0.25) is 5.69 Å². The molecule has 7 rings (SSSR count). The third kappa shape index (κ3) is 3.99. The number of pyridine rings is 3. The number of hydrogen-bond acceptors (Lipinski definition) is 8. The fraction of sp³-hybridized carbons (Fsp3) is 0.462. The summed E-state index contributed by atoms with van der Waals surface area (Å²) in [6.45, 7) is 9.48. The van der Waals surface area contributed by atoms with E-state index in [4.69, 9.17) is 20.8 Å². The highest BCUT2D eigenvalue weighted by Crippen LogP contribution is 2.46. The van der Waals surface area contributed by atoms with Crippen molar-refractivity contribution in [3.8, 4) is 11.5 Å². The van der Waals surface area contributed by atoms with Gasteiger partial charge in [0.1, 0.15) is 19.3 Å². The van der Waals surface area contributed by atoms with Crippen LogP contribution in [-0.2, 0) is 17.8 Å². The number of aromatic nitrogens is 3. The summed E-state index contributed by atoms with van der Waals surface area (Å²) in [5, 5.41) is 14.9. The van der Waals surface area contributed by atoms with Gasteiger partial charge in [-0.1, -0.05) is 0 Å². The molecule has 0 aromatic carbocycles. The summed E-state index contributed by atoms with van der Waals surface area (Å²) in [6.07, 6.45) is 5.38. The van der Waals surface area contributed by atoms with Gasteiger partial charge in [-0.15, -0.1) is 0 Å². The third-order valence-electron chi connectivity index (χ3n) is 7.74. The zero-order valence-electron chi connectivity index (χ0n) is 19.8. The second-order valence-electron chi connectivity index (χ2n) is 9.81. The van der Waals surface area contributed by atoms with Crippen LogP contribution >= 0.6 is 0 Å². The van der Waals surface area contributed by atoms with Crippen LogP contribution in [0.15, 0.2) is 41.5 Å². The van der Waals surface area contributed by atoms with E-state index in [-0.39, 0.29) is 17.6 Å². The summed E-state index contributed by atoms with van der Waals surface area (Å²) in [5.41, 5.74) is 1.25. The molecule has 10 nitrogen and oxygen atoms in total. The fourth-order valence-corrected chi connectivity index (χ4v) is 5.49. The Hall–Kier alpha value is -3.52. The minimum absolute atomic E-state index is 0.0842. The van der Waals surface area contributed by atoms with E-state index in [1.807, 2.05) is 6.07 Å². The first kappa shape index (κ1) is 22.9. The number of aliphatic hydroxyl groups excluding tert-OH is 1. The number of nitrogens with zero attached hydrogens (tertiary/aromatic N) is 4. The second kappa shape index (κ2) is 8.85. The van der Waals surface area contributed by atoms with E-state index in [1.54, 1.807) is 18.3 Å². The number of fused-ring (bicyclic) bond motifs is 5. The number of rotatable bonds is 6. The molecule has 1 saturated carbocycles. The molecule has 4 aliphatic rings. The molecular weight excluding hydrogens is 462 g/mol. The Morgan fingerprint density at radius 1 is 1.11 bits per heavy atom. The van der Waals surface area contributed by atoms with Gasteiger partial charge in [0.25, 0.3) is 5.56 Å². The maximum absolute atomic E-state index is 12.7. The standard InChI is InChI=1S/C26H27N5O5/c1-27-17-10-20-19(29-12-17)2-3-24(33)31(20)15-23(32)26-6-4-25(5-7-26,16-36-26)30-13-18-11-21-22(14-28-18)35-9-8-34-21/h2-3,10-12,14,23,30,32H,4-9,13,15-16H2. The van der Waals surface area contributed by atoms with E-state index < -0.39 is 11.7 Å². The fourth-order valence-electron chi connectivity index (χ4n) is 5.49. The van der Waals surface area contributed by atoms with Gasteiger partial charge in [0.15, 0.2) is 11.5 Å². The zero-order valence-corrected chi connectivity index (χ0v) is 19.8. The van der Waals surface area contributed by atoms with Gasteiger partial charge < -0.3 is 29.2 Å². The topological polar surface area (TPSA) is 112 Å². The third-order valence-corrected chi connectivity index (χ3v) is 7.74. The number of aliphatic hydroxyl groups is 1. The molecule has 3 fully saturated rings. The van der Waals surface area contributed by atoms with Crippen molar-refractivity contribution in [2.24, 2.45) is 0 Å². The first-order chi connectivity index (χ1) is 17.5. The molecule has 1 unspecified atom stereocenters. The quantitative estimate of drug-likeness (QED) is 0.508. The van der Waals surface area contributed by atoms with Gasteiger partial charge in [0, 0.05) is 30.4 Å². The first-order valence-electron chi connectivity index (χ1n) is 12.2. The van der Waals surface area contributed by atoms with Crippen molar-refractivity contribution < 1.29 is 19.3 Å². The predicted octanol–water partition coefficient (Wildman–Crippen LogP) is 2.35. The molecular formula is C26H27N5O5. The zero-order chi connectivity index (χ0) is 24.8. The molecule has 0 radical (unpaired) electrons. The molecule has 10 heteroatoms. The van der Waals surface area contributed by atoms with Crippen LogP contribution in [0.1, 0.15) is 31.4 Å². The molecule has 1 aliphatic carbocycles. The van der Waals surface area contributed by atoms with E-state index in [1.165, 1.54) is 16.8 Å². The van der Waals surface area contributed by atoms with E-state index in [9.17, 15) is 9.90 Å². The Morgan fingerprint density at radius 3 is 2.67 bits per heavy atom. The monoisotopic (exact) mass is 489 g/mol. The van der Waals surface area contributed by atoms with Crippen LogP contribution in [0.4, 0.5) is 5.69 Å². The maximum Gasteiger partial charge on any atom is 0.251 e. The number of hydrogen-bond donors (Lipinski definition) is 2. The molecule has 3 aromatic rings. The minimum Gasteiger partial charge on any atom is -0.486 e. The lowest BCUT2D eigenvalue weighted by atomic mass is 9.69. The molecule has 0 spiro atoms. The second-order valence-corrected chi connectivity index (χ2v) is 9.81. The summed E-state index contributed by atoms with van der Waals surface area (Å²) in [7, 11) is 0. The highest BCUT2D eigenvalue weighted by atomic mass is 16.6. The van der Waals surface area contributed by atoms with Gasteiger partial charge >= 0.3 is 0 Å². The van der Waals surface area contributed by atoms with Gasteiger partial charge in [-0.3, -0.25) is 14.8 Å². The van der Waals surface area contributed by atoms with Crippen molar-refractivity contribution in [1.82, 2.24) is 19.9 Å². The molecule has 0 amide bonds. The average Bonchev–Trinajstić information content (AvgIpc) is 2.94. The smallest absolute Gasteiger partial charge is 0.251 e. The molecule has 3 aromatic heterocycles. The van der Waals surface area contributed by atoms with Gasteiger partial charge in [-0.2, -0.15) is 0 Å². The molecule has 3 aliphatic heterocycles. The highest BCUT2D eigenvalue weighted by Gasteiger charge is 2.53. The van der Waals surface area contributed by atoms with Gasteiger partial charge in [-0.05, 0) is 37.8 Å². The Balaban J connectivity index is 1.14. The molecule has 6 heterocycles. The normalized spacial score (nSPS) is 25.4. The van der Waals surface area contributed by atoms with Crippen LogP contribution in [0.3, 0.4) is 0 Å². The Kier molecular flexibility index (Phi) is 5.63. The Morgan fingerprint density at radius 2 is 1.92 bits per heavy atom. The van der Waals surface area contributed by atoms with Gasteiger partial charge in [-0.25, -0.2) is 4.85 Å². The van der Waals surface area contributed by atoms with Gasteiger partial charge in [0.05, 0.1) is 48.2 Å². The average molecular weight is 490 g/mol. The predicted molar refractivity (Wildman–Crippen MR) is 130 cm³/mol. The molecule has 1 atom stereocenters. The van der Waals surface area contributed by atoms with Crippen molar-refractivity contribution in [3.05, 3.63) is 64.1 Å². The molecule has 2 N–H and O–H groups in total. The largest absolute Gasteiger partial charge is 0.486 e. The summed E-state index contributed by atoms with van der Waals surface area (Å²) in [5.74, 6) is 1.39. The molecule has 2 bridgehead atoms. The summed E-state index contributed by atoms with van der Waals surface area (Å²) < 4.78 is 19.0. The Bertz CT molecular complexity index is 1390. The van der Waals surface area contributed by atoms with Crippen molar-refractivity contribution in [2.75, 3.05) is 19.8 Å². The first-order valence-corrected chi connectivity index (χ1v) is 12.2. The lowest BCUT2D eigenvalue weighted by Gasteiger charge is -2.55. The molecule has 186 valence electrons.